The maximum absolute atomic E-state index is 8.87. The second-order valence-corrected chi connectivity index (χ2v) is 6.02. The first-order valence-electron chi connectivity index (χ1n) is 6.56. The summed E-state index contributed by atoms with van der Waals surface area (Å²) in [6.45, 7) is 1.80. The third-order valence-electron chi connectivity index (χ3n) is 2.87. The van der Waals surface area contributed by atoms with Crippen molar-refractivity contribution in [1.82, 2.24) is 5.16 Å². The average Bonchev–Trinajstić information content (AvgIpc) is 2.94. The molecule has 4 nitrogen and oxygen atoms in total. The Morgan fingerprint density at radius 2 is 1.83 bits per heavy atom. The standard InChI is InChI=1S/C12H8Cl2OS.C4H6N2O/c13-11-3-1-2-10(12(11)14)8-4-6-9(16-15)7-5-8;1-3-2-4(5)6-7-3/h1-7,15H;2H,1H3,(H2,5,6). The Labute approximate surface area is 148 Å². The van der Waals surface area contributed by atoms with E-state index in [9.17, 15) is 0 Å². The lowest BCUT2D eigenvalue weighted by atomic mass is 10.1. The van der Waals surface area contributed by atoms with Crippen LogP contribution in [0.5, 0.6) is 0 Å². The molecule has 0 fully saturated rings. The summed E-state index contributed by atoms with van der Waals surface area (Å²) in [5.74, 6) is 1.19. The number of aromatic nitrogens is 1. The van der Waals surface area contributed by atoms with E-state index in [2.05, 4.69) is 9.68 Å². The number of aryl methyl sites for hydroxylation is 1. The van der Waals surface area contributed by atoms with Crippen LogP contribution >= 0.6 is 35.2 Å². The minimum absolute atomic E-state index is 0.442. The van der Waals surface area contributed by atoms with E-state index in [0.29, 0.717) is 15.9 Å². The molecule has 0 bridgehead atoms. The third-order valence-corrected chi connectivity index (χ3v) is 4.17. The van der Waals surface area contributed by atoms with Crippen LogP contribution in [0.25, 0.3) is 11.1 Å². The number of halogens is 2. The molecule has 0 amide bonds. The zero-order chi connectivity index (χ0) is 16.8. The molecule has 0 saturated carbocycles. The van der Waals surface area contributed by atoms with Crippen molar-refractivity contribution in [1.29, 1.82) is 0 Å². The van der Waals surface area contributed by atoms with Crippen LogP contribution in [-0.4, -0.2) is 9.71 Å². The molecule has 0 aliphatic carbocycles. The largest absolute Gasteiger partial charge is 0.381 e. The van der Waals surface area contributed by atoms with Gasteiger partial charge in [0.1, 0.15) is 5.76 Å². The van der Waals surface area contributed by atoms with Gasteiger partial charge in [0, 0.05) is 28.6 Å². The fourth-order valence-electron chi connectivity index (χ4n) is 1.81. The second kappa shape index (κ2) is 8.26. The zero-order valence-electron chi connectivity index (χ0n) is 12.2. The van der Waals surface area contributed by atoms with E-state index in [4.69, 9.17) is 33.5 Å². The first kappa shape index (κ1) is 17.7. The van der Waals surface area contributed by atoms with Crippen molar-refractivity contribution >= 4 is 41.1 Å². The van der Waals surface area contributed by atoms with Crippen LogP contribution in [0, 0.1) is 6.92 Å². The van der Waals surface area contributed by atoms with Gasteiger partial charge in [-0.2, -0.15) is 0 Å². The molecule has 1 aromatic heterocycles. The Hall–Kier alpha value is -1.66. The molecule has 1 heterocycles. The van der Waals surface area contributed by atoms with Crippen molar-refractivity contribution in [3.05, 3.63) is 64.3 Å². The molecule has 3 aromatic rings. The summed E-state index contributed by atoms with van der Waals surface area (Å²) in [6.07, 6.45) is 0. The van der Waals surface area contributed by atoms with Crippen molar-refractivity contribution in [2.45, 2.75) is 11.8 Å². The predicted octanol–water partition coefficient (Wildman–Crippen LogP) is 5.79. The highest BCUT2D eigenvalue weighted by Gasteiger charge is 2.06. The SMILES string of the molecule is Cc1cc(N)no1.OSc1ccc(-c2cccc(Cl)c2Cl)cc1. The van der Waals surface area contributed by atoms with Gasteiger partial charge in [-0.1, -0.05) is 52.6 Å². The first-order chi connectivity index (χ1) is 11.0. The van der Waals surface area contributed by atoms with E-state index in [-0.39, 0.29) is 0 Å². The van der Waals surface area contributed by atoms with Gasteiger partial charge in [0.25, 0.3) is 0 Å². The van der Waals surface area contributed by atoms with E-state index < -0.39 is 0 Å². The summed E-state index contributed by atoms with van der Waals surface area (Å²) in [4.78, 5) is 0.793. The molecule has 3 rings (SSSR count). The zero-order valence-corrected chi connectivity index (χ0v) is 14.5. The lowest BCUT2D eigenvalue weighted by Gasteiger charge is -2.06. The van der Waals surface area contributed by atoms with Gasteiger partial charge in [0.15, 0.2) is 5.82 Å². The van der Waals surface area contributed by atoms with Crippen LogP contribution in [-0.2, 0) is 0 Å². The molecule has 3 N–H and O–H groups in total. The lowest BCUT2D eigenvalue weighted by molar-refractivity contribution is 0.400. The third kappa shape index (κ3) is 4.91. The van der Waals surface area contributed by atoms with Gasteiger partial charge in [-0.05, 0) is 30.7 Å². The van der Waals surface area contributed by atoms with Gasteiger partial charge >= 0.3 is 0 Å². The molecule has 0 radical (unpaired) electrons. The van der Waals surface area contributed by atoms with Gasteiger partial charge < -0.3 is 14.8 Å². The summed E-state index contributed by atoms with van der Waals surface area (Å²) < 4.78 is 13.5. The van der Waals surface area contributed by atoms with E-state index in [1.54, 1.807) is 19.1 Å². The monoisotopic (exact) mass is 368 g/mol. The molecule has 0 aliphatic rings. The summed E-state index contributed by atoms with van der Waals surface area (Å²) in [7, 11) is 0. The number of benzene rings is 2. The second-order valence-electron chi connectivity index (χ2n) is 4.58. The molecular formula is C16H14Cl2N2O2S. The Bertz CT molecular complexity index is 760. The number of nitrogens with zero attached hydrogens (tertiary/aromatic N) is 1. The van der Waals surface area contributed by atoms with Crippen LogP contribution in [0.1, 0.15) is 5.76 Å². The summed E-state index contributed by atoms with van der Waals surface area (Å²) in [6, 6.07) is 14.7. The van der Waals surface area contributed by atoms with Crippen molar-refractivity contribution in [2.75, 3.05) is 5.73 Å². The number of hydrogen-bond donors (Lipinski definition) is 2. The van der Waals surface area contributed by atoms with Crippen molar-refractivity contribution in [2.24, 2.45) is 0 Å². The fourth-order valence-corrected chi connectivity index (χ4v) is 2.48. The van der Waals surface area contributed by atoms with Crippen molar-refractivity contribution in [3.63, 3.8) is 0 Å². The quantitative estimate of drug-likeness (QED) is 0.559. The van der Waals surface area contributed by atoms with Gasteiger partial charge in [0.2, 0.25) is 0 Å². The lowest BCUT2D eigenvalue weighted by Crippen LogP contribution is -1.80. The number of hydrogen-bond acceptors (Lipinski definition) is 5. The van der Waals surface area contributed by atoms with Gasteiger partial charge in [-0.3, -0.25) is 0 Å². The maximum atomic E-state index is 8.87. The van der Waals surface area contributed by atoms with E-state index in [1.165, 1.54) is 0 Å². The molecule has 7 heteroatoms. The number of rotatable bonds is 2. The highest BCUT2D eigenvalue weighted by Crippen LogP contribution is 2.33. The Morgan fingerprint density at radius 1 is 1.13 bits per heavy atom. The highest BCUT2D eigenvalue weighted by molar-refractivity contribution is 7.93. The summed E-state index contributed by atoms with van der Waals surface area (Å²) >= 11 is 12.8. The Morgan fingerprint density at radius 3 is 2.30 bits per heavy atom. The minimum atomic E-state index is 0.442. The average molecular weight is 369 g/mol. The van der Waals surface area contributed by atoms with Crippen LogP contribution in [0.15, 0.2) is 57.9 Å². The topological polar surface area (TPSA) is 72.3 Å². The normalized spacial score (nSPS) is 10.1. The molecule has 0 saturated heterocycles. The van der Waals surface area contributed by atoms with Gasteiger partial charge in [-0.25, -0.2) is 0 Å². The molecule has 0 atom stereocenters. The van der Waals surface area contributed by atoms with Crippen LogP contribution in [0.4, 0.5) is 5.82 Å². The Kier molecular flexibility index (Phi) is 6.36. The Balaban J connectivity index is 0.000000229. The van der Waals surface area contributed by atoms with E-state index >= 15 is 0 Å². The molecular weight excluding hydrogens is 355 g/mol. The van der Waals surface area contributed by atoms with E-state index in [0.717, 1.165) is 33.8 Å². The minimum Gasteiger partial charge on any atom is -0.381 e. The van der Waals surface area contributed by atoms with Gasteiger partial charge in [-0.15, -0.1) is 0 Å². The van der Waals surface area contributed by atoms with E-state index in [1.807, 2.05) is 36.4 Å². The summed E-state index contributed by atoms with van der Waals surface area (Å²) in [5.41, 5.74) is 7.04. The summed E-state index contributed by atoms with van der Waals surface area (Å²) in [5, 5.41) is 4.51. The molecule has 0 aliphatic heterocycles. The van der Waals surface area contributed by atoms with Crippen LogP contribution < -0.4 is 5.73 Å². The maximum Gasteiger partial charge on any atom is 0.167 e. The first-order valence-corrected chi connectivity index (χ1v) is 8.09. The number of nitrogen functional groups attached to an aromatic ring is 1. The van der Waals surface area contributed by atoms with Gasteiger partial charge in [0.05, 0.1) is 10.0 Å². The predicted molar refractivity (Wildman–Crippen MR) is 96.0 cm³/mol. The fraction of sp³-hybridized carbons (Fsp3) is 0.0625. The van der Waals surface area contributed by atoms with Crippen molar-refractivity contribution < 1.29 is 9.08 Å². The van der Waals surface area contributed by atoms with Crippen LogP contribution in [0.2, 0.25) is 10.0 Å². The van der Waals surface area contributed by atoms with Crippen LogP contribution in [0.3, 0.4) is 0 Å². The number of nitrogens with two attached hydrogens (primary N) is 1. The highest BCUT2D eigenvalue weighted by atomic mass is 35.5. The smallest absolute Gasteiger partial charge is 0.167 e. The molecule has 0 unspecified atom stereocenters. The molecule has 23 heavy (non-hydrogen) atoms. The molecule has 120 valence electrons. The molecule has 2 aromatic carbocycles. The number of anilines is 1. The molecule has 0 spiro atoms. The van der Waals surface area contributed by atoms with Crippen molar-refractivity contribution in [3.8, 4) is 11.1 Å².